The minimum atomic E-state index is -4.37. The normalized spacial score (nSPS) is 11.5. The van der Waals surface area contributed by atoms with E-state index >= 15 is 0 Å². The highest BCUT2D eigenvalue weighted by atomic mass is 19.4. The lowest BCUT2D eigenvalue weighted by Gasteiger charge is -2.08. The first-order valence-electron chi connectivity index (χ1n) is 6.50. The third-order valence-electron chi connectivity index (χ3n) is 3.35. The molecule has 0 radical (unpaired) electrons. The minimum absolute atomic E-state index is 0.0802. The van der Waals surface area contributed by atoms with E-state index in [-0.39, 0.29) is 6.54 Å². The monoisotopic (exact) mass is 301 g/mol. The molecule has 0 saturated heterocycles. The lowest BCUT2D eigenvalue weighted by Crippen LogP contribution is -2.04. The number of imidazole rings is 1. The Bertz CT molecular complexity index is 855. The van der Waals surface area contributed by atoms with Crippen molar-refractivity contribution >= 4 is 11.0 Å². The molecule has 0 unspecified atom stereocenters. The maximum Gasteiger partial charge on any atom is 0.416 e. The predicted octanol–water partition coefficient (Wildman–Crippen LogP) is 4.25. The number of rotatable bonds is 2. The molecule has 0 aliphatic carbocycles. The number of fused-ring (bicyclic) bond motifs is 1. The largest absolute Gasteiger partial charge is 0.416 e. The van der Waals surface area contributed by atoms with E-state index in [1.54, 1.807) is 10.6 Å². The number of benzene rings is 2. The summed E-state index contributed by atoms with van der Waals surface area (Å²) in [6, 6.07) is 14.1. The van der Waals surface area contributed by atoms with Crippen molar-refractivity contribution in [2.24, 2.45) is 0 Å². The number of alkyl halides is 3. The van der Waals surface area contributed by atoms with Gasteiger partial charge < -0.3 is 4.57 Å². The van der Waals surface area contributed by atoms with Crippen molar-refractivity contribution in [3.8, 4) is 17.5 Å². The van der Waals surface area contributed by atoms with Gasteiger partial charge in [-0.25, -0.2) is 4.98 Å². The van der Waals surface area contributed by atoms with Crippen LogP contribution in [0.15, 0.2) is 48.5 Å². The fourth-order valence-electron chi connectivity index (χ4n) is 2.33. The molecule has 0 bridgehead atoms. The highest BCUT2D eigenvalue weighted by molar-refractivity contribution is 5.80. The molecule has 3 aromatic rings. The van der Waals surface area contributed by atoms with Gasteiger partial charge in [0, 0.05) is 5.56 Å². The first kappa shape index (κ1) is 14.1. The van der Waals surface area contributed by atoms with Crippen LogP contribution in [0.1, 0.15) is 5.56 Å². The van der Waals surface area contributed by atoms with Gasteiger partial charge >= 0.3 is 6.18 Å². The quantitative estimate of drug-likeness (QED) is 0.710. The standard InChI is InChI=1S/C16H10F3N3/c17-16(18,19)12-7-5-11(6-8-12)15-21-13-3-1-2-4-14(13)22(15)10-9-20/h1-8H,10H2. The zero-order valence-corrected chi connectivity index (χ0v) is 11.3. The van der Waals surface area contributed by atoms with Gasteiger partial charge in [0.25, 0.3) is 0 Å². The molecular formula is C16H10F3N3. The van der Waals surface area contributed by atoms with Gasteiger partial charge in [0.1, 0.15) is 12.4 Å². The van der Waals surface area contributed by atoms with Gasteiger partial charge in [0.2, 0.25) is 0 Å². The summed E-state index contributed by atoms with van der Waals surface area (Å²) in [7, 11) is 0. The Labute approximate surface area is 124 Å². The van der Waals surface area contributed by atoms with E-state index in [0.717, 1.165) is 17.6 Å². The number of aromatic nitrogens is 2. The van der Waals surface area contributed by atoms with Crippen LogP contribution in [0.3, 0.4) is 0 Å². The first-order valence-corrected chi connectivity index (χ1v) is 6.50. The molecular weight excluding hydrogens is 291 g/mol. The number of hydrogen-bond donors (Lipinski definition) is 0. The van der Waals surface area contributed by atoms with Crippen LogP contribution in [-0.4, -0.2) is 9.55 Å². The van der Waals surface area contributed by atoms with Gasteiger partial charge in [-0.3, -0.25) is 0 Å². The summed E-state index contributed by atoms with van der Waals surface area (Å²) in [6.07, 6.45) is -4.37. The second kappa shape index (κ2) is 5.19. The van der Waals surface area contributed by atoms with Crippen LogP contribution < -0.4 is 0 Å². The second-order valence-corrected chi connectivity index (χ2v) is 4.74. The smallest absolute Gasteiger partial charge is 0.310 e. The van der Waals surface area contributed by atoms with Crippen LogP contribution in [0.5, 0.6) is 0 Å². The summed E-state index contributed by atoms with van der Waals surface area (Å²) < 4.78 is 39.6. The lowest BCUT2D eigenvalue weighted by molar-refractivity contribution is -0.137. The predicted molar refractivity (Wildman–Crippen MR) is 75.8 cm³/mol. The second-order valence-electron chi connectivity index (χ2n) is 4.74. The average Bonchev–Trinajstić information content (AvgIpc) is 2.86. The summed E-state index contributed by atoms with van der Waals surface area (Å²) in [5, 5.41) is 8.97. The van der Waals surface area contributed by atoms with Crippen LogP contribution in [0.4, 0.5) is 13.2 Å². The lowest BCUT2D eigenvalue weighted by atomic mass is 10.1. The van der Waals surface area contributed by atoms with Gasteiger partial charge in [-0.1, -0.05) is 24.3 Å². The van der Waals surface area contributed by atoms with Gasteiger partial charge in [-0.05, 0) is 24.3 Å². The van der Waals surface area contributed by atoms with E-state index in [1.807, 2.05) is 18.2 Å². The molecule has 0 spiro atoms. The Kier molecular flexibility index (Phi) is 3.33. The van der Waals surface area contributed by atoms with Crippen molar-refractivity contribution < 1.29 is 13.2 Å². The first-order chi connectivity index (χ1) is 10.5. The van der Waals surface area contributed by atoms with E-state index in [9.17, 15) is 13.2 Å². The van der Waals surface area contributed by atoms with E-state index in [4.69, 9.17) is 5.26 Å². The molecule has 0 saturated carbocycles. The third kappa shape index (κ3) is 2.42. The molecule has 0 amide bonds. The number of para-hydroxylation sites is 2. The van der Waals surface area contributed by atoms with Crippen LogP contribution >= 0.6 is 0 Å². The molecule has 0 N–H and O–H groups in total. The van der Waals surface area contributed by atoms with Gasteiger partial charge in [0.05, 0.1) is 22.7 Å². The number of hydrogen-bond acceptors (Lipinski definition) is 2. The summed E-state index contributed by atoms with van der Waals surface area (Å²) in [4.78, 5) is 4.42. The molecule has 1 heterocycles. The van der Waals surface area contributed by atoms with Crippen LogP contribution in [0.2, 0.25) is 0 Å². The Morgan fingerprint density at radius 3 is 2.36 bits per heavy atom. The molecule has 0 atom stereocenters. The summed E-state index contributed by atoms with van der Waals surface area (Å²) >= 11 is 0. The van der Waals surface area contributed by atoms with Crippen LogP contribution in [0.25, 0.3) is 22.4 Å². The Hall–Kier alpha value is -2.81. The zero-order valence-electron chi connectivity index (χ0n) is 11.3. The molecule has 2 aromatic carbocycles. The molecule has 1 aromatic heterocycles. The Morgan fingerprint density at radius 1 is 1.05 bits per heavy atom. The maximum atomic E-state index is 12.6. The van der Waals surface area contributed by atoms with Gasteiger partial charge in [-0.2, -0.15) is 18.4 Å². The van der Waals surface area contributed by atoms with E-state index < -0.39 is 11.7 Å². The highest BCUT2D eigenvalue weighted by Crippen LogP contribution is 2.31. The van der Waals surface area contributed by atoms with Crippen molar-refractivity contribution in [1.29, 1.82) is 5.26 Å². The fourth-order valence-corrected chi connectivity index (χ4v) is 2.33. The van der Waals surface area contributed by atoms with E-state index in [2.05, 4.69) is 11.1 Å². The molecule has 6 heteroatoms. The summed E-state index contributed by atoms with van der Waals surface area (Å²) in [5.74, 6) is 0.483. The molecule has 3 nitrogen and oxygen atoms in total. The average molecular weight is 301 g/mol. The highest BCUT2D eigenvalue weighted by Gasteiger charge is 2.30. The molecule has 0 aliphatic rings. The number of halogens is 3. The van der Waals surface area contributed by atoms with Gasteiger partial charge in [0.15, 0.2) is 0 Å². The minimum Gasteiger partial charge on any atom is -0.310 e. The van der Waals surface area contributed by atoms with Crippen molar-refractivity contribution in [1.82, 2.24) is 9.55 Å². The number of nitrogens with zero attached hydrogens (tertiary/aromatic N) is 3. The van der Waals surface area contributed by atoms with Crippen molar-refractivity contribution in [3.05, 3.63) is 54.1 Å². The number of nitriles is 1. The molecule has 0 fully saturated rings. The van der Waals surface area contributed by atoms with Crippen molar-refractivity contribution in [2.45, 2.75) is 12.7 Å². The topological polar surface area (TPSA) is 41.6 Å². The Morgan fingerprint density at radius 2 is 1.73 bits per heavy atom. The zero-order chi connectivity index (χ0) is 15.7. The fraction of sp³-hybridized carbons (Fsp3) is 0.125. The molecule has 22 heavy (non-hydrogen) atoms. The van der Waals surface area contributed by atoms with E-state index in [1.165, 1.54) is 12.1 Å². The van der Waals surface area contributed by atoms with Crippen LogP contribution in [0, 0.1) is 11.3 Å². The molecule has 3 rings (SSSR count). The van der Waals surface area contributed by atoms with Gasteiger partial charge in [-0.15, -0.1) is 0 Å². The molecule has 110 valence electrons. The summed E-state index contributed by atoms with van der Waals surface area (Å²) in [5.41, 5.74) is 1.31. The summed E-state index contributed by atoms with van der Waals surface area (Å²) in [6.45, 7) is 0.0802. The Balaban J connectivity index is 2.13. The van der Waals surface area contributed by atoms with E-state index in [0.29, 0.717) is 16.9 Å². The van der Waals surface area contributed by atoms with Crippen molar-refractivity contribution in [2.75, 3.05) is 0 Å². The molecule has 0 aliphatic heterocycles. The maximum absolute atomic E-state index is 12.6. The SMILES string of the molecule is N#CCn1c(-c2ccc(C(F)(F)F)cc2)nc2ccccc21. The van der Waals surface area contributed by atoms with Crippen LogP contribution in [-0.2, 0) is 12.7 Å². The van der Waals surface area contributed by atoms with Crippen molar-refractivity contribution in [3.63, 3.8) is 0 Å². The third-order valence-corrected chi connectivity index (χ3v) is 3.35.